The van der Waals surface area contributed by atoms with E-state index in [9.17, 15) is 4.39 Å². The molecule has 0 spiro atoms. The summed E-state index contributed by atoms with van der Waals surface area (Å²) in [5.41, 5.74) is 12.7. The number of rotatable bonds is 3. The molecule has 2 heterocycles. The van der Waals surface area contributed by atoms with E-state index in [-0.39, 0.29) is 24.2 Å². The van der Waals surface area contributed by atoms with Gasteiger partial charge >= 0.3 is 0 Å². The van der Waals surface area contributed by atoms with Gasteiger partial charge in [0.05, 0.1) is 17.6 Å². The molecule has 9 heteroatoms. The van der Waals surface area contributed by atoms with Crippen molar-refractivity contribution in [2.24, 2.45) is 21.7 Å². The fraction of sp³-hybridized carbons (Fsp3) is 0. The van der Waals surface area contributed by atoms with Gasteiger partial charge in [-0.25, -0.2) is 9.37 Å². The van der Waals surface area contributed by atoms with Crippen LogP contribution >= 0.6 is 23.7 Å². The maximum atomic E-state index is 13.0. The van der Waals surface area contributed by atoms with Crippen LogP contribution in [0.15, 0.2) is 46.0 Å². The number of halogens is 2. The molecule has 114 valence electrons. The predicted octanol–water partition coefficient (Wildman–Crippen LogP) is 2.23. The molecular formula is C13H12ClFN6S. The first-order valence-electron chi connectivity index (χ1n) is 5.98. The third kappa shape index (κ3) is 3.07. The van der Waals surface area contributed by atoms with Gasteiger partial charge in [0.1, 0.15) is 5.82 Å². The molecule has 0 saturated carbocycles. The summed E-state index contributed by atoms with van der Waals surface area (Å²) in [7, 11) is 0. The fourth-order valence-electron chi connectivity index (χ4n) is 1.90. The molecule has 6 nitrogen and oxygen atoms in total. The molecule has 22 heavy (non-hydrogen) atoms. The Hall–Kier alpha value is -2.45. The molecule has 3 aromatic rings. The second-order valence-corrected chi connectivity index (χ2v) is 5.05. The summed E-state index contributed by atoms with van der Waals surface area (Å²) in [6.07, 6.45) is 3.39. The zero-order chi connectivity index (χ0) is 14.8. The average molecular weight is 339 g/mol. The van der Waals surface area contributed by atoms with E-state index < -0.39 is 0 Å². The Kier molecular flexibility index (Phi) is 4.74. The quantitative estimate of drug-likeness (QED) is 0.435. The summed E-state index contributed by atoms with van der Waals surface area (Å²) in [5, 5.41) is 9.32. The lowest BCUT2D eigenvalue weighted by molar-refractivity contribution is 0.628. The molecule has 2 aromatic heterocycles. The van der Waals surface area contributed by atoms with Crippen LogP contribution < -0.4 is 11.5 Å². The summed E-state index contributed by atoms with van der Waals surface area (Å²) < 4.78 is 14.9. The van der Waals surface area contributed by atoms with E-state index in [0.29, 0.717) is 5.69 Å². The van der Waals surface area contributed by atoms with Gasteiger partial charge in [-0.15, -0.1) is 28.8 Å². The maximum absolute atomic E-state index is 13.0. The van der Waals surface area contributed by atoms with E-state index in [1.54, 1.807) is 12.1 Å². The van der Waals surface area contributed by atoms with Crippen molar-refractivity contribution in [3.63, 3.8) is 0 Å². The van der Waals surface area contributed by atoms with Crippen molar-refractivity contribution in [3.8, 4) is 11.3 Å². The van der Waals surface area contributed by atoms with Crippen LogP contribution in [-0.4, -0.2) is 21.6 Å². The van der Waals surface area contributed by atoms with Gasteiger partial charge in [0.15, 0.2) is 4.96 Å². The number of imidazole rings is 1. The Bertz CT molecular complexity index is 832. The molecule has 0 aliphatic heterocycles. The monoisotopic (exact) mass is 338 g/mol. The van der Waals surface area contributed by atoms with Crippen LogP contribution in [0.1, 0.15) is 5.69 Å². The number of guanidine groups is 1. The molecule has 0 amide bonds. The minimum Gasteiger partial charge on any atom is -0.369 e. The third-order valence-corrected chi connectivity index (χ3v) is 3.53. The number of aromatic nitrogens is 2. The van der Waals surface area contributed by atoms with Crippen molar-refractivity contribution in [1.29, 1.82) is 0 Å². The summed E-state index contributed by atoms with van der Waals surface area (Å²) in [6.45, 7) is 0. The zero-order valence-electron chi connectivity index (χ0n) is 11.2. The van der Waals surface area contributed by atoms with Gasteiger partial charge in [-0.2, -0.15) is 5.10 Å². The smallest absolute Gasteiger partial charge is 0.211 e. The van der Waals surface area contributed by atoms with Crippen LogP contribution in [0.3, 0.4) is 0 Å². The van der Waals surface area contributed by atoms with Crippen molar-refractivity contribution in [3.05, 3.63) is 47.4 Å². The van der Waals surface area contributed by atoms with Crippen LogP contribution in [0.25, 0.3) is 16.2 Å². The summed E-state index contributed by atoms with van der Waals surface area (Å²) in [5.74, 6) is -0.420. The summed E-state index contributed by atoms with van der Waals surface area (Å²) in [4.78, 5) is 5.33. The second kappa shape index (κ2) is 6.54. The van der Waals surface area contributed by atoms with Gasteiger partial charge < -0.3 is 11.5 Å². The van der Waals surface area contributed by atoms with Crippen molar-refractivity contribution in [2.45, 2.75) is 0 Å². The van der Waals surface area contributed by atoms with E-state index in [1.165, 1.54) is 29.7 Å². The van der Waals surface area contributed by atoms with Gasteiger partial charge in [0.2, 0.25) is 5.96 Å². The molecule has 0 unspecified atom stereocenters. The van der Waals surface area contributed by atoms with Crippen LogP contribution in [0.4, 0.5) is 4.39 Å². The highest BCUT2D eigenvalue weighted by Crippen LogP contribution is 2.25. The van der Waals surface area contributed by atoms with Crippen LogP contribution in [0, 0.1) is 5.82 Å². The molecule has 0 saturated heterocycles. The average Bonchev–Trinajstić information content (AvgIpc) is 3.01. The first kappa shape index (κ1) is 15.9. The van der Waals surface area contributed by atoms with E-state index in [0.717, 1.165) is 16.2 Å². The molecule has 0 atom stereocenters. The minimum absolute atomic E-state index is 0. The highest BCUT2D eigenvalue weighted by atomic mass is 35.5. The largest absolute Gasteiger partial charge is 0.369 e. The Morgan fingerprint density at radius 1 is 1.27 bits per heavy atom. The van der Waals surface area contributed by atoms with Crippen molar-refractivity contribution < 1.29 is 4.39 Å². The summed E-state index contributed by atoms with van der Waals surface area (Å²) in [6, 6.07) is 6.11. The predicted molar refractivity (Wildman–Crippen MR) is 89.1 cm³/mol. The molecule has 0 radical (unpaired) electrons. The van der Waals surface area contributed by atoms with Gasteiger partial charge in [-0.05, 0) is 24.3 Å². The molecule has 0 aliphatic carbocycles. The SMILES string of the molecule is Cl.NC(N)=N/N=C\c1c(-c2ccc(F)cc2)nc2sccn12. The van der Waals surface area contributed by atoms with Gasteiger partial charge in [0.25, 0.3) is 0 Å². The Balaban J connectivity index is 0.00000176. The molecule has 0 bridgehead atoms. The van der Waals surface area contributed by atoms with Crippen LogP contribution in [0.2, 0.25) is 0 Å². The van der Waals surface area contributed by atoms with Gasteiger partial charge in [-0.1, -0.05) is 0 Å². The maximum Gasteiger partial charge on any atom is 0.211 e. The van der Waals surface area contributed by atoms with E-state index >= 15 is 0 Å². The number of fused-ring (bicyclic) bond motifs is 1. The first-order chi connectivity index (χ1) is 10.1. The molecule has 4 N–H and O–H groups in total. The zero-order valence-corrected chi connectivity index (χ0v) is 12.8. The Labute approximate surface area is 135 Å². The van der Waals surface area contributed by atoms with Crippen molar-refractivity contribution >= 4 is 40.9 Å². The highest BCUT2D eigenvalue weighted by Gasteiger charge is 2.13. The second-order valence-electron chi connectivity index (χ2n) is 4.18. The number of nitrogens with zero attached hydrogens (tertiary/aromatic N) is 4. The molecule has 3 rings (SSSR count). The van der Waals surface area contributed by atoms with E-state index in [1.807, 2.05) is 16.0 Å². The Morgan fingerprint density at radius 3 is 2.68 bits per heavy atom. The number of hydrogen-bond acceptors (Lipinski definition) is 4. The number of benzene rings is 1. The van der Waals surface area contributed by atoms with E-state index in [4.69, 9.17) is 11.5 Å². The fourth-order valence-corrected chi connectivity index (χ4v) is 2.62. The Morgan fingerprint density at radius 2 is 2.00 bits per heavy atom. The minimum atomic E-state index is -0.296. The van der Waals surface area contributed by atoms with Gasteiger partial charge in [-0.3, -0.25) is 4.40 Å². The standard InChI is InChI=1S/C13H11FN6S.ClH/c14-9-3-1-8(2-4-9)11-10(7-17-19-12(15)16)20-5-6-21-13(20)18-11;/h1-7H,(H4,15,16,19);1H/b17-7-;. The number of hydrogen-bond donors (Lipinski definition) is 2. The molecular weight excluding hydrogens is 327 g/mol. The van der Waals surface area contributed by atoms with Gasteiger partial charge in [0, 0.05) is 17.1 Å². The third-order valence-electron chi connectivity index (χ3n) is 2.77. The van der Waals surface area contributed by atoms with Crippen LogP contribution in [-0.2, 0) is 0 Å². The highest BCUT2D eigenvalue weighted by molar-refractivity contribution is 7.15. The lowest BCUT2D eigenvalue weighted by atomic mass is 10.1. The first-order valence-corrected chi connectivity index (χ1v) is 6.86. The molecule has 1 aromatic carbocycles. The lowest BCUT2D eigenvalue weighted by Gasteiger charge is -1.99. The molecule has 0 fully saturated rings. The van der Waals surface area contributed by atoms with Crippen molar-refractivity contribution in [2.75, 3.05) is 0 Å². The van der Waals surface area contributed by atoms with Crippen LogP contribution in [0.5, 0.6) is 0 Å². The number of thiazole rings is 1. The number of nitrogens with two attached hydrogens (primary N) is 2. The normalized spacial score (nSPS) is 10.8. The van der Waals surface area contributed by atoms with E-state index in [2.05, 4.69) is 15.2 Å². The van der Waals surface area contributed by atoms with Crippen molar-refractivity contribution in [1.82, 2.24) is 9.38 Å². The molecule has 0 aliphatic rings. The lowest BCUT2D eigenvalue weighted by Crippen LogP contribution is -2.21. The summed E-state index contributed by atoms with van der Waals surface area (Å²) >= 11 is 1.49. The topological polar surface area (TPSA) is 94.1 Å².